The summed E-state index contributed by atoms with van der Waals surface area (Å²) in [6.07, 6.45) is 1.87. The van der Waals surface area contributed by atoms with Crippen LogP contribution in [0.25, 0.3) is 0 Å². The number of likely N-dealkylation sites (tertiary alicyclic amines) is 1. The number of hydrogen-bond acceptors (Lipinski definition) is 8. The number of amides is 4. The first-order chi connectivity index (χ1) is 20.6. The molecule has 0 bridgehead atoms. The fourth-order valence-electron chi connectivity index (χ4n) is 4.27. The summed E-state index contributed by atoms with van der Waals surface area (Å²) < 4.78 is 33.4. The van der Waals surface area contributed by atoms with Gasteiger partial charge in [-0.2, -0.15) is 4.21 Å². The zero-order valence-corrected chi connectivity index (χ0v) is 26.8. The molecule has 1 aliphatic heterocycles. The van der Waals surface area contributed by atoms with Crippen LogP contribution >= 0.6 is 0 Å². The minimum absolute atomic E-state index is 0.0854. The van der Waals surface area contributed by atoms with Crippen LogP contribution in [-0.2, 0) is 41.8 Å². The lowest BCUT2D eigenvalue weighted by atomic mass is 10.0. The molecule has 1 aromatic rings. The first kappa shape index (κ1) is 38.5. The summed E-state index contributed by atoms with van der Waals surface area (Å²) in [7, 11) is 0. The van der Waals surface area contributed by atoms with Crippen molar-refractivity contribution in [2.24, 2.45) is 5.92 Å². The Morgan fingerprint density at radius 2 is 1.70 bits per heavy atom. The molecule has 1 aliphatic rings. The molecule has 0 spiro atoms. The highest BCUT2D eigenvalue weighted by Gasteiger charge is 2.38. The number of carbonyl (C=O) groups is 5. The van der Waals surface area contributed by atoms with E-state index in [0.29, 0.717) is 45.1 Å². The highest BCUT2D eigenvalue weighted by atomic mass is 32.2. The summed E-state index contributed by atoms with van der Waals surface area (Å²) in [6.45, 7) is 9.70. The van der Waals surface area contributed by atoms with E-state index in [1.54, 1.807) is 20.8 Å². The van der Waals surface area contributed by atoms with Crippen LogP contribution in [0.15, 0.2) is 30.3 Å². The molecule has 0 aliphatic carbocycles. The molecule has 5 N–H and O–H groups in total. The lowest BCUT2D eigenvalue weighted by Gasteiger charge is -2.30. The van der Waals surface area contributed by atoms with Crippen molar-refractivity contribution >= 4 is 41.6 Å². The van der Waals surface area contributed by atoms with Gasteiger partial charge in [-0.05, 0) is 64.4 Å². The van der Waals surface area contributed by atoms with Crippen LogP contribution in [0.2, 0.25) is 0 Å². The maximum Gasteiger partial charge on any atom is 0.408 e. The summed E-state index contributed by atoms with van der Waals surface area (Å²) in [5.74, 6) is -0.852. The zero-order chi connectivity index (χ0) is 33.3. The van der Waals surface area contributed by atoms with E-state index in [4.69, 9.17) is 22.8 Å². The van der Waals surface area contributed by atoms with Gasteiger partial charge in [0.1, 0.15) is 30.6 Å². The number of ether oxygens (including phenoxy) is 2. The summed E-state index contributed by atoms with van der Waals surface area (Å²) in [5.41, 5.74) is 0.130. The smallest absolute Gasteiger partial charge is 0.408 e. The van der Waals surface area contributed by atoms with Gasteiger partial charge in [0.25, 0.3) is 11.4 Å². The predicted octanol–water partition coefficient (Wildman–Crippen LogP) is 2.99. The van der Waals surface area contributed by atoms with Crippen molar-refractivity contribution in [3.05, 3.63) is 35.9 Å². The normalized spacial score (nSPS) is 15.8. The first-order valence-corrected chi connectivity index (χ1v) is 15.5. The van der Waals surface area contributed by atoms with Crippen molar-refractivity contribution in [1.29, 1.82) is 0 Å². The Morgan fingerprint density at radius 3 is 2.27 bits per heavy atom. The van der Waals surface area contributed by atoms with E-state index in [9.17, 15) is 24.0 Å². The van der Waals surface area contributed by atoms with Gasteiger partial charge in [-0.15, -0.1) is 0 Å². The monoisotopic (exact) mass is 642 g/mol. The second-order valence-electron chi connectivity index (χ2n) is 11.5. The third-order valence-electron chi connectivity index (χ3n) is 6.40. The molecule has 248 valence electrons. The van der Waals surface area contributed by atoms with E-state index >= 15 is 0 Å². The van der Waals surface area contributed by atoms with Gasteiger partial charge >= 0.3 is 12.2 Å². The van der Waals surface area contributed by atoms with Crippen molar-refractivity contribution in [3.63, 3.8) is 0 Å². The molecular weight excluding hydrogens is 596 g/mol. The largest absolute Gasteiger partial charge is 0.445 e. The molecule has 2 rings (SSSR count). The quantitative estimate of drug-likeness (QED) is 0.121. The average molecular weight is 643 g/mol. The molecule has 0 aromatic heterocycles. The van der Waals surface area contributed by atoms with Gasteiger partial charge in [0.05, 0.1) is 6.04 Å². The van der Waals surface area contributed by atoms with E-state index in [1.165, 1.54) is 4.90 Å². The molecule has 0 radical (unpaired) electrons. The molecule has 1 aromatic carbocycles. The molecule has 1 saturated heterocycles. The second kappa shape index (κ2) is 19.7. The first-order valence-electron chi connectivity index (χ1n) is 14.4. The maximum atomic E-state index is 13.6. The zero-order valence-electron chi connectivity index (χ0n) is 25.9. The Kier molecular flexibility index (Phi) is 17.2. The third kappa shape index (κ3) is 15.8. The molecule has 15 heteroatoms. The summed E-state index contributed by atoms with van der Waals surface area (Å²) >= 11 is -2.61. The Labute approximate surface area is 261 Å². The number of unbranched alkanes of at least 4 members (excludes halogenated alkanes) is 1. The van der Waals surface area contributed by atoms with Gasteiger partial charge in [0, 0.05) is 13.1 Å². The number of benzene rings is 1. The van der Waals surface area contributed by atoms with Gasteiger partial charge in [-0.25, -0.2) is 9.59 Å². The predicted molar refractivity (Wildman–Crippen MR) is 163 cm³/mol. The SMILES string of the molecule is CC(C)[C@@H](C=O)NC(=O)[C@@H]1CCCN1C(=O)[C@H](CCCCNC(=O)OCc1ccccc1)NC(=O)OC(C)(C)C.O=S(O)O. The number of nitrogens with one attached hydrogen (secondary N) is 3. The molecule has 14 nitrogen and oxygen atoms in total. The Hall–Kier alpha value is -3.56. The molecule has 4 amide bonds. The van der Waals surface area contributed by atoms with Crippen LogP contribution in [0.3, 0.4) is 0 Å². The molecule has 0 unspecified atom stereocenters. The Balaban J connectivity index is 0.00000227. The molecule has 0 saturated carbocycles. The van der Waals surface area contributed by atoms with Crippen LogP contribution in [0, 0.1) is 5.92 Å². The van der Waals surface area contributed by atoms with Gasteiger partial charge in [0.15, 0.2) is 0 Å². The Bertz CT molecular complexity index is 1090. The summed E-state index contributed by atoms with van der Waals surface area (Å²) in [6, 6.07) is 7.05. The van der Waals surface area contributed by atoms with Crippen molar-refractivity contribution in [2.45, 2.75) is 97.1 Å². The third-order valence-corrected chi connectivity index (χ3v) is 6.40. The summed E-state index contributed by atoms with van der Waals surface area (Å²) in [5, 5.41) is 8.08. The van der Waals surface area contributed by atoms with E-state index in [-0.39, 0.29) is 30.8 Å². The highest BCUT2D eigenvalue weighted by molar-refractivity contribution is 7.73. The minimum atomic E-state index is -2.61. The maximum absolute atomic E-state index is 13.6. The number of rotatable bonds is 13. The molecule has 3 atom stereocenters. The van der Waals surface area contributed by atoms with Crippen molar-refractivity contribution in [1.82, 2.24) is 20.9 Å². The number of nitrogens with zero attached hydrogens (tertiary/aromatic N) is 1. The topological polar surface area (TPSA) is 201 Å². The van der Waals surface area contributed by atoms with Gasteiger partial charge < -0.3 is 35.1 Å². The number of hydrogen-bond donors (Lipinski definition) is 5. The van der Waals surface area contributed by atoms with Crippen molar-refractivity contribution in [2.75, 3.05) is 13.1 Å². The van der Waals surface area contributed by atoms with Crippen LogP contribution in [0.4, 0.5) is 9.59 Å². The lowest BCUT2D eigenvalue weighted by Crippen LogP contribution is -2.55. The number of carbonyl (C=O) groups excluding carboxylic acids is 5. The van der Waals surface area contributed by atoms with E-state index < -0.39 is 47.3 Å². The van der Waals surface area contributed by atoms with Gasteiger partial charge in [-0.3, -0.25) is 18.7 Å². The minimum Gasteiger partial charge on any atom is -0.445 e. The number of alkyl carbamates (subject to hydrolysis) is 2. The molecule has 1 fully saturated rings. The summed E-state index contributed by atoms with van der Waals surface area (Å²) in [4.78, 5) is 63.9. The van der Waals surface area contributed by atoms with Gasteiger partial charge in [-0.1, -0.05) is 44.2 Å². The van der Waals surface area contributed by atoms with E-state index in [0.717, 1.165) is 5.56 Å². The second-order valence-corrected chi connectivity index (χ2v) is 12.0. The lowest BCUT2D eigenvalue weighted by molar-refractivity contribution is -0.140. The van der Waals surface area contributed by atoms with E-state index in [1.807, 2.05) is 44.2 Å². The Morgan fingerprint density at radius 1 is 1.07 bits per heavy atom. The fraction of sp³-hybridized carbons (Fsp3) is 0.621. The molecular formula is C29H46N4O10S. The van der Waals surface area contributed by atoms with Gasteiger partial charge in [0.2, 0.25) is 11.8 Å². The molecule has 44 heavy (non-hydrogen) atoms. The average Bonchev–Trinajstić information content (AvgIpc) is 3.43. The fourth-order valence-corrected chi connectivity index (χ4v) is 4.27. The number of aldehydes is 1. The van der Waals surface area contributed by atoms with Crippen molar-refractivity contribution < 1.29 is 46.8 Å². The highest BCUT2D eigenvalue weighted by Crippen LogP contribution is 2.21. The van der Waals surface area contributed by atoms with Crippen LogP contribution < -0.4 is 16.0 Å². The molecule has 1 heterocycles. The van der Waals surface area contributed by atoms with E-state index in [2.05, 4.69) is 16.0 Å². The van der Waals surface area contributed by atoms with Crippen LogP contribution in [0.1, 0.15) is 72.3 Å². The van der Waals surface area contributed by atoms with Crippen molar-refractivity contribution in [3.8, 4) is 0 Å². The standard InChI is InChI=1S/C29H44N4O7.H2O3S/c1-20(2)23(18-34)31-25(35)24-15-11-17-33(24)26(36)22(32-28(38)40-29(3,4)5)14-9-10-16-30-27(37)39-19-21-12-7-6-8-13-21;1-4(2)3/h6-8,12-13,18,20,22-24H,9-11,14-17,19H2,1-5H3,(H,30,37)(H,31,35)(H,32,38);(H2,1,2,3)/t22-,23+,24-;/m0./s1. The van der Waals surface area contributed by atoms with Crippen LogP contribution in [-0.4, -0.2) is 85.3 Å². The van der Waals surface area contributed by atoms with Crippen LogP contribution in [0.5, 0.6) is 0 Å².